The summed E-state index contributed by atoms with van der Waals surface area (Å²) < 4.78 is 33.2. The Morgan fingerprint density at radius 1 is 1.20 bits per heavy atom. The van der Waals surface area contributed by atoms with Crippen LogP contribution in [0.15, 0.2) is 59.5 Å². The maximum atomic E-state index is 12.6. The van der Waals surface area contributed by atoms with Crippen LogP contribution < -0.4 is 14.9 Å². The van der Waals surface area contributed by atoms with E-state index in [1.54, 1.807) is 12.1 Å². The van der Waals surface area contributed by atoms with Crippen molar-refractivity contribution in [3.05, 3.63) is 60.2 Å². The van der Waals surface area contributed by atoms with Gasteiger partial charge in [-0.2, -0.15) is 0 Å². The first-order valence-electron chi connectivity index (χ1n) is 10.1. The predicted molar refractivity (Wildman–Crippen MR) is 117 cm³/mol. The van der Waals surface area contributed by atoms with Crippen LogP contribution in [0, 0.1) is 0 Å². The molecule has 30 heavy (non-hydrogen) atoms. The molecule has 2 unspecified atom stereocenters. The van der Waals surface area contributed by atoms with Gasteiger partial charge >= 0.3 is 0 Å². The number of para-hydroxylation sites is 1. The second-order valence-electron chi connectivity index (χ2n) is 7.52. The topological polar surface area (TPSA) is 87.7 Å². The molecule has 162 valence electrons. The minimum absolute atomic E-state index is 0.0661. The number of benzene rings is 2. The fourth-order valence-electron chi connectivity index (χ4n) is 3.29. The number of hydrogen-bond acceptors (Lipinski definition) is 5. The van der Waals surface area contributed by atoms with Crippen LogP contribution in [-0.2, 0) is 14.8 Å². The highest BCUT2D eigenvalue weighted by Crippen LogP contribution is 2.16. The van der Waals surface area contributed by atoms with Gasteiger partial charge < -0.3 is 15.0 Å². The smallest absolute Gasteiger partial charge is 0.251 e. The van der Waals surface area contributed by atoms with Crippen LogP contribution in [0.3, 0.4) is 0 Å². The van der Waals surface area contributed by atoms with Gasteiger partial charge in [0, 0.05) is 44.0 Å². The monoisotopic (exact) mass is 431 g/mol. The summed E-state index contributed by atoms with van der Waals surface area (Å²) in [6.45, 7) is 3.35. The number of nitrogens with one attached hydrogen (secondary N) is 2. The van der Waals surface area contributed by atoms with Crippen LogP contribution in [0.5, 0.6) is 0 Å². The molecule has 0 aliphatic carbocycles. The molecular weight excluding hydrogens is 402 g/mol. The lowest BCUT2D eigenvalue weighted by Gasteiger charge is -2.27. The van der Waals surface area contributed by atoms with E-state index in [9.17, 15) is 13.2 Å². The van der Waals surface area contributed by atoms with Gasteiger partial charge in [0.05, 0.1) is 11.0 Å². The Bertz CT molecular complexity index is 944. The van der Waals surface area contributed by atoms with Crippen molar-refractivity contribution in [2.45, 2.75) is 36.8 Å². The number of carbonyl (C=O) groups is 1. The van der Waals surface area contributed by atoms with Gasteiger partial charge in [-0.25, -0.2) is 13.1 Å². The number of hydrogen-bond donors (Lipinski definition) is 2. The van der Waals surface area contributed by atoms with Crippen molar-refractivity contribution in [1.29, 1.82) is 0 Å². The van der Waals surface area contributed by atoms with Crippen molar-refractivity contribution < 1.29 is 17.9 Å². The van der Waals surface area contributed by atoms with Crippen LogP contribution in [0.1, 0.15) is 30.1 Å². The zero-order chi connectivity index (χ0) is 21.6. The standard InChI is InChI=1S/C22H29N3O4S/c1-17(25(2)19-9-4-3-5-10-19)15-23-22(26)18-8-6-12-21(14-18)30(27,28)24-16-20-11-7-13-29-20/h3-6,8-10,12,14,17,20,24H,7,11,13,15-16H2,1-2H3,(H,23,26). The van der Waals surface area contributed by atoms with E-state index in [2.05, 4.69) is 14.9 Å². The molecular formula is C22H29N3O4S. The summed E-state index contributed by atoms with van der Waals surface area (Å²) in [6.07, 6.45) is 1.70. The third kappa shape index (κ3) is 5.81. The molecule has 0 radical (unpaired) electrons. The highest BCUT2D eigenvalue weighted by Gasteiger charge is 2.21. The molecule has 2 atom stereocenters. The lowest BCUT2D eigenvalue weighted by atomic mass is 10.2. The first kappa shape index (κ1) is 22.3. The van der Waals surface area contributed by atoms with Crippen molar-refractivity contribution in [2.24, 2.45) is 0 Å². The maximum absolute atomic E-state index is 12.6. The molecule has 3 rings (SSSR count). The van der Waals surface area contributed by atoms with Crippen molar-refractivity contribution in [2.75, 3.05) is 31.6 Å². The number of sulfonamides is 1. The van der Waals surface area contributed by atoms with E-state index in [1.165, 1.54) is 12.1 Å². The van der Waals surface area contributed by atoms with E-state index < -0.39 is 10.0 Å². The molecule has 1 amide bonds. The molecule has 1 aliphatic heterocycles. The number of carbonyl (C=O) groups excluding carboxylic acids is 1. The third-order valence-electron chi connectivity index (χ3n) is 5.31. The Labute approximate surface area is 178 Å². The van der Waals surface area contributed by atoms with E-state index in [0.717, 1.165) is 18.5 Å². The summed E-state index contributed by atoms with van der Waals surface area (Å²) in [5, 5.41) is 2.89. The van der Waals surface area contributed by atoms with Crippen molar-refractivity contribution in [1.82, 2.24) is 10.0 Å². The van der Waals surface area contributed by atoms with Gasteiger partial charge in [0.25, 0.3) is 5.91 Å². The molecule has 1 saturated heterocycles. The fourth-order valence-corrected chi connectivity index (χ4v) is 4.40. The van der Waals surface area contributed by atoms with E-state index in [1.807, 2.05) is 44.3 Å². The maximum Gasteiger partial charge on any atom is 0.251 e. The largest absolute Gasteiger partial charge is 0.377 e. The summed E-state index contributed by atoms with van der Waals surface area (Å²) in [5.41, 5.74) is 1.37. The SMILES string of the molecule is CC(CNC(=O)c1cccc(S(=O)(=O)NCC2CCCO2)c1)N(C)c1ccccc1. The summed E-state index contributed by atoms with van der Waals surface area (Å²) >= 11 is 0. The van der Waals surface area contributed by atoms with Crippen LogP contribution in [0.2, 0.25) is 0 Å². The molecule has 2 aromatic rings. The summed E-state index contributed by atoms with van der Waals surface area (Å²) in [6, 6.07) is 16.1. The van der Waals surface area contributed by atoms with E-state index in [0.29, 0.717) is 18.7 Å². The molecule has 1 fully saturated rings. The van der Waals surface area contributed by atoms with E-state index in [4.69, 9.17) is 4.74 Å². The lowest BCUT2D eigenvalue weighted by Crippen LogP contribution is -2.40. The average Bonchev–Trinajstić information content (AvgIpc) is 3.30. The zero-order valence-electron chi connectivity index (χ0n) is 17.4. The predicted octanol–water partition coefficient (Wildman–Crippen LogP) is 2.40. The van der Waals surface area contributed by atoms with E-state index in [-0.39, 0.29) is 29.5 Å². The van der Waals surface area contributed by atoms with Crippen LogP contribution in [-0.4, -0.2) is 53.2 Å². The first-order chi connectivity index (χ1) is 14.4. The quantitative estimate of drug-likeness (QED) is 0.637. The van der Waals surface area contributed by atoms with Gasteiger partial charge in [0.2, 0.25) is 10.0 Å². The fraction of sp³-hybridized carbons (Fsp3) is 0.409. The minimum atomic E-state index is -3.70. The second kappa shape index (κ2) is 10.1. The summed E-state index contributed by atoms with van der Waals surface area (Å²) in [5.74, 6) is -0.306. The number of nitrogens with zero attached hydrogens (tertiary/aromatic N) is 1. The molecule has 7 nitrogen and oxygen atoms in total. The number of likely N-dealkylation sites (N-methyl/N-ethyl adjacent to an activating group) is 1. The number of anilines is 1. The van der Waals surface area contributed by atoms with Crippen molar-refractivity contribution in [3.63, 3.8) is 0 Å². The Hall–Kier alpha value is -2.42. The Morgan fingerprint density at radius 2 is 1.97 bits per heavy atom. The zero-order valence-corrected chi connectivity index (χ0v) is 18.2. The third-order valence-corrected chi connectivity index (χ3v) is 6.74. The number of amides is 1. The molecule has 0 spiro atoms. The lowest BCUT2D eigenvalue weighted by molar-refractivity contribution is 0.0951. The van der Waals surface area contributed by atoms with Gasteiger partial charge in [-0.3, -0.25) is 4.79 Å². The van der Waals surface area contributed by atoms with Crippen molar-refractivity contribution >= 4 is 21.6 Å². The molecule has 1 aliphatic rings. The molecule has 0 bridgehead atoms. The minimum Gasteiger partial charge on any atom is -0.377 e. The molecule has 2 aromatic carbocycles. The molecule has 1 heterocycles. The second-order valence-corrected chi connectivity index (χ2v) is 9.29. The Balaban J connectivity index is 1.58. The Morgan fingerprint density at radius 3 is 2.67 bits per heavy atom. The average molecular weight is 432 g/mol. The first-order valence-corrected chi connectivity index (χ1v) is 11.6. The summed E-state index contributed by atoms with van der Waals surface area (Å²) in [7, 11) is -1.73. The van der Waals surface area contributed by atoms with Gasteiger partial charge in [0.15, 0.2) is 0 Å². The molecule has 0 aromatic heterocycles. The van der Waals surface area contributed by atoms with Crippen LogP contribution >= 0.6 is 0 Å². The van der Waals surface area contributed by atoms with Crippen LogP contribution in [0.25, 0.3) is 0 Å². The number of rotatable bonds is 9. The molecule has 2 N–H and O–H groups in total. The number of ether oxygens (including phenoxy) is 1. The van der Waals surface area contributed by atoms with E-state index >= 15 is 0 Å². The Kier molecular flexibility index (Phi) is 7.47. The molecule has 0 saturated carbocycles. The van der Waals surface area contributed by atoms with Gasteiger partial charge in [-0.15, -0.1) is 0 Å². The van der Waals surface area contributed by atoms with Gasteiger partial charge in [-0.05, 0) is 50.1 Å². The highest BCUT2D eigenvalue weighted by atomic mass is 32.2. The van der Waals surface area contributed by atoms with Gasteiger partial charge in [-0.1, -0.05) is 24.3 Å². The normalized spacial score (nSPS) is 17.5. The highest BCUT2D eigenvalue weighted by molar-refractivity contribution is 7.89. The molecule has 8 heteroatoms. The summed E-state index contributed by atoms with van der Waals surface area (Å²) in [4.78, 5) is 14.7. The van der Waals surface area contributed by atoms with Crippen LogP contribution in [0.4, 0.5) is 5.69 Å². The van der Waals surface area contributed by atoms with Gasteiger partial charge in [0.1, 0.15) is 0 Å². The van der Waals surface area contributed by atoms with Crippen molar-refractivity contribution in [3.8, 4) is 0 Å².